The molecule has 0 heterocycles. The second-order valence-corrected chi connectivity index (χ2v) is 4.91. The molecule has 2 unspecified atom stereocenters. The average molecular weight is 264 g/mol. The molecule has 4 heteroatoms. The van der Waals surface area contributed by atoms with Crippen LogP contribution < -0.4 is 10.2 Å². The van der Waals surface area contributed by atoms with E-state index in [1.807, 2.05) is 50.1 Å². The van der Waals surface area contributed by atoms with Crippen molar-refractivity contribution in [3.8, 4) is 0 Å². The van der Waals surface area contributed by atoms with Crippen LogP contribution in [-0.2, 0) is 4.79 Å². The fraction of sp³-hybridized carbons (Fsp3) is 0.533. The van der Waals surface area contributed by atoms with Gasteiger partial charge in [0.15, 0.2) is 0 Å². The SMILES string of the molecule is CCC(O)c1ccc(N(C)CC(C)C(=O)NC)cc1. The Bertz CT molecular complexity index is 403. The minimum absolute atomic E-state index is 0.0462. The zero-order valence-electron chi connectivity index (χ0n) is 12.2. The molecule has 0 aliphatic carbocycles. The summed E-state index contributed by atoms with van der Waals surface area (Å²) >= 11 is 0. The van der Waals surface area contributed by atoms with E-state index < -0.39 is 6.10 Å². The molecule has 0 aliphatic heterocycles. The summed E-state index contributed by atoms with van der Waals surface area (Å²) in [5.74, 6) is -0.0132. The summed E-state index contributed by atoms with van der Waals surface area (Å²) in [5, 5.41) is 12.4. The lowest BCUT2D eigenvalue weighted by Gasteiger charge is -2.23. The molecular formula is C15H24N2O2. The van der Waals surface area contributed by atoms with Crippen molar-refractivity contribution in [2.45, 2.75) is 26.4 Å². The molecule has 0 aliphatic rings. The lowest BCUT2D eigenvalue weighted by Crippen LogP contribution is -2.34. The van der Waals surface area contributed by atoms with Gasteiger partial charge in [0, 0.05) is 26.3 Å². The van der Waals surface area contributed by atoms with E-state index in [1.54, 1.807) is 7.05 Å². The Morgan fingerprint density at radius 1 is 1.37 bits per heavy atom. The Morgan fingerprint density at radius 2 is 1.95 bits per heavy atom. The van der Waals surface area contributed by atoms with Gasteiger partial charge in [0.2, 0.25) is 5.91 Å². The molecule has 0 spiro atoms. The molecule has 4 nitrogen and oxygen atoms in total. The second-order valence-electron chi connectivity index (χ2n) is 4.91. The van der Waals surface area contributed by atoms with Gasteiger partial charge >= 0.3 is 0 Å². The monoisotopic (exact) mass is 264 g/mol. The van der Waals surface area contributed by atoms with Crippen LogP contribution in [-0.4, -0.2) is 31.7 Å². The highest BCUT2D eigenvalue weighted by atomic mass is 16.3. The van der Waals surface area contributed by atoms with Crippen molar-refractivity contribution in [3.63, 3.8) is 0 Å². The third-order valence-corrected chi connectivity index (χ3v) is 3.35. The van der Waals surface area contributed by atoms with E-state index in [2.05, 4.69) is 5.32 Å². The molecular weight excluding hydrogens is 240 g/mol. The molecule has 106 valence electrons. The maximum Gasteiger partial charge on any atom is 0.224 e. The van der Waals surface area contributed by atoms with Gasteiger partial charge in [-0.15, -0.1) is 0 Å². The molecule has 0 fully saturated rings. The minimum Gasteiger partial charge on any atom is -0.388 e. The number of carbonyl (C=O) groups excluding carboxylic acids is 1. The first kappa shape index (κ1) is 15.5. The van der Waals surface area contributed by atoms with Crippen molar-refractivity contribution in [1.29, 1.82) is 0 Å². The number of rotatable bonds is 6. The number of aliphatic hydroxyl groups is 1. The van der Waals surface area contributed by atoms with Crippen molar-refractivity contribution in [3.05, 3.63) is 29.8 Å². The zero-order valence-corrected chi connectivity index (χ0v) is 12.2. The quantitative estimate of drug-likeness (QED) is 0.825. The van der Waals surface area contributed by atoms with E-state index in [0.29, 0.717) is 13.0 Å². The number of nitrogens with one attached hydrogen (secondary N) is 1. The average Bonchev–Trinajstić information content (AvgIpc) is 2.45. The van der Waals surface area contributed by atoms with Crippen LogP contribution in [0.3, 0.4) is 0 Å². The predicted molar refractivity (Wildman–Crippen MR) is 78.2 cm³/mol. The number of hydrogen-bond acceptors (Lipinski definition) is 3. The molecule has 19 heavy (non-hydrogen) atoms. The van der Waals surface area contributed by atoms with E-state index in [-0.39, 0.29) is 11.8 Å². The van der Waals surface area contributed by atoms with E-state index in [4.69, 9.17) is 0 Å². The molecule has 1 rings (SSSR count). The van der Waals surface area contributed by atoms with E-state index in [1.165, 1.54) is 0 Å². The first-order valence-electron chi connectivity index (χ1n) is 6.70. The van der Waals surface area contributed by atoms with Crippen LogP contribution in [0.25, 0.3) is 0 Å². The van der Waals surface area contributed by atoms with Crippen molar-refractivity contribution < 1.29 is 9.90 Å². The van der Waals surface area contributed by atoms with Gasteiger partial charge in [0.1, 0.15) is 0 Å². The Balaban J connectivity index is 2.67. The summed E-state index contributed by atoms with van der Waals surface area (Å²) in [7, 11) is 3.62. The lowest BCUT2D eigenvalue weighted by molar-refractivity contribution is -0.123. The number of nitrogens with zero attached hydrogens (tertiary/aromatic N) is 1. The lowest BCUT2D eigenvalue weighted by atomic mass is 10.1. The summed E-state index contributed by atoms with van der Waals surface area (Å²) in [4.78, 5) is 13.5. The fourth-order valence-electron chi connectivity index (χ4n) is 2.03. The summed E-state index contributed by atoms with van der Waals surface area (Å²) < 4.78 is 0. The van der Waals surface area contributed by atoms with Crippen LogP contribution in [0.2, 0.25) is 0 Å². The summed E-state index contributed by atoms with van der Waals surface area (Å²) in [6.07, 6.45) is 0.312. The molecule has 0 saturated carbocycles. The van der Waals surface area contributed by atoms with E-state index in [9.17, 15) is 9.90 Å². The highest BCUT2D eigenvalue weighted by Crippen LogP contribution is 2.20. The van der Waals surface area contributed by atoms with Gasteiger partial charge in [-0.05, 0) is 24.1 Å². The minimum atomic E-state index is -0.399. The predicted octanol–water partition coefficient (Wildman–Crippen LogP) is 1.95. The van der Waals surface area contributed by atoms with Crippen LogP contribution in [0.4, 0.5) is 5.69 Å². The van der Waals surface area contributed by atoms with Crippen LogP contribution in [0.15, 0.2) is 24.3 Å². The third-order valence-electron chi connectivity index (χ3n) is 3.35. The number of anilines is 1. The Hall–Kier alpha value is -1.55. The number of amides is 1. The van der Waals surface area contributed by atoms with Crippen molar-refractivity contribution in [2.24, 2.45) is 5.92 Å². The maximum atomic E-state index is 11.5. The van der Waals surface area contributed by atoms with Gasteiger partial charge in [-0.1, -0.05) is 26.0 Å². The van der Waals surface area contributed by atoms with Crippen LogP contribution in [0.5, 0.6) is 0 Å². The first-order valence-corrected chi connectivity index (χ1v) is 6.70. The highest BCUT2D eigenvalue weighted by Gasteiger charge is 2.14. The molecule has 2 N–H and O–H groups in total. The highest BCUT2D eigenvalue weighted by molar-refractivity contribution is 5.78. The summed E-state index contributed by atoms with van der Waals surface area (Å²) in [6.45, 7) is 4.52. The zero-order chi connectivity index (χ0) is 14.4. The third kappa shape index (κ3) is 4.24. The molecule has 0 saturated heterocycles. The topological polar surface area (TPSA) is 52.6 Å². The summed E-state index contributed by atoms with van der Waals surface area (Å²) in [5.41, 5.74) is 1.97. The Morgan fingerprint density at radius 3 is 2.42 bits per heavy atom. The molecule has 2 atom stereocenters. The van der Waals surface area contributed by atoms with Crippen molar-refractivity contribution in [1.82, 2.24) is 5.32 Å². The van der Waals surface area contributed by atoms with E-state index >= 15 is 0 Å². The maximum absolute atomic E-state index is 11.5. The molecule has 1 aromatic rings. The molecule has 1 amide bonds. The van der Waals surface area contributed by atoms with Crippen LogP contribution in [0.1, 0.15) is 31.9 Å². The van der Waals surface area contributed by atoms with Crippen LogP contribution in [0, 0.1) is 5.92 Å². The Kier molecular flexibility index (Phi) is 5.83. The van der Waals surface area contributed by atoms with Gasteiger partial charge in [-0.25, -0.2) is 0 Å². The van der Waals surface area contributed by atoms with Crippen molar-refractivity contribution >= 4 is 11.6 Å². The number of carbonyl (C=O) groups is 1. The standard InChI is InChI=1S/C15H24N2O2/c1-5-14(18)12-6-8-13(9-7-12)17(4)10-11(2)15(19)16-3/h6-9,11,14,18H,5,10H2,1-4H3,(H,16,19). The molecule has 1 aromatic carbocycles. The fourth-order valence-corrected chi connectivity index (χ4v) is 2.03. The van der Waals surface area contributed by atoms with Gasteiger partial charge in [-0.3, -0.25) is 4.79 Å². The normalized spacial score (nSPS) is 13.7. The smallest absolute Gasteiger partial charge is 0.224 e. The summed E-state index contributed by atoms with van der Waals surface area (Å²) in [6, 6.07) is 7.82. The van der Waals surface area contributed by atoms with Gasteiger partial charge in [0.25, 0.3) is 0 Å². The van der Waals surface area contributed by atoms with Gasteiger partial charge in [-0.2, -0.15) is 0 Å². The van der Waals surface area contributed by atoms with Gasteiger partial charge in [0.05, 0.1) is 12.0 Å². The molecule has 0 aromatic heterocycles. The number of benzene rings is 1. The second kappa shape index (κ2) is 7.14. The van der Waals surface area contributed by atoms with Gasteiger partial charge < -0.3 is 15.3 Å². The number of aliphatic hydroxyl groups excluding tert-OH is 1. The Labute approximate surface area is 115 Å². The largest absolute Gasteiger partial charge is 0.388 e. The first-order chi connectivity index (χ1) is 8.99. The number of hydrogen-bond donors (Lipinski definition) is 2. The molecule has 0 bridgehead atoms. The van der Waals surface area contributed by atoms with Crippen molar-refractivity contribution in [2.75, 3.05) is 25.5 Å². The van der Waals surface area contributed by atoms with E-state index in [0.717, 1.165) is 11.3 Å². The van der Waals surface area contributed by atoms with Crippen LogP contribution >= 0.6 is 0 Å². The molecule has 0 radical (unpaired) electrons.